The van der Waals surface area contributed by atoms with E-state index in [2.05, 4.69) is 16.8 Å². The lowest BCUT2D eigenvalue weighted by Gasteiger charge is -2.06. The summed E-state index contributed by atoms with van der Waals surface area (Å²) in [6.07, 6.45) is 3.62. The molecule has 0 saturated heterocycles. The molecule has 0 amide bonds. The van der Waals surface area contributed by atoms with Crippen LogP contribution in [-0.4, -0.2) is 16.7 Å². The molecule has 0 aliphatic carbocycles. The second kappa shape index (κ2) is 6.58. The molecule has 1 N–H and O–H groups in total. The highest BCUT2D eigenvalue weighted by molar-refractivity contribution is 5.38. The minimum absolute atomic E-state index is 0.126. The number of nitrogens with zero attached hydrogens (tertiary/aromatic N) is 1. The van der Waals surface area contributed by atoms with E-state index in [-0.39, 0.29) is 6.61 Å². The average Bonchev–Trinajstić information content (AvgIpc) is 2.44. The Bertz CT molecular complexity index is 594. The van der Waals surface area contributed by atoms with E-state index in [1.165, 1.54) is 0 Å². The number of aromatic nitrogens is 1. The molecule has 2 rings (SSSR count). The minimum Gasteiger partial charge on any atom is -0.489 e. The van der Waals surface area contributed by atoms with Crippen molar-refractivity contribution in [3.8, 4) is 17.6 Å². The van der Waals surface area contributed by atoms with E-state index in [1.807, 2.05) is 43.5 Å². The van der Waals surface area contributed by atoms with Gasteiger partial charge in [0.1, 0.15) is 19.0 Å². The molecule has 3 heteroatoms. The van der Waals surface area contributed by atoms with Gasteiger partial charge in [0.25, 0.3) is 0 Å². The summed E-state index contributed by atoms with van der Waals surface area (Å²) in [6.45, 7) is 2.38. The van der Waals surface area contributed by atoms with Crippen LogP contribution in [0.15, 0.2) is 42.7 Å². The Kier molecular flexibility index (Phi) is 4.54. The van der Waals surface area contributed by atoms with Gasteiger partial charge in [0.05, 0.1) is 0 Å². The molecular weight excluding hydrogens is 238 g/mol. The van der Waals surface area contributed by atoms with Crippen LogP contribution >= 0.6 is 0 Å². The fourth-order valence-corrected chi connectivity index (χ4v) is 1.64. The first-order valence-electron chi connectivity index (χ1n) is 6.01. The van der Waals surface area contributed by atoms with Gasteiger partial charge < -0.3 is 9.84 Å². The standard InChI is InChI=1S/C16H15NO2/c1-13-9-15(11-17-10-13)12-19-16-6-4-14(5-7-16)3-2-8-18/h4-7,9-11,18H,8,12H2,1H3. The van der Waals surface area contributed by atoms with E-state index in [9.17, 15) is 0 Å². The first kappa shape index (κ1) is 13.1. The van der Waals surface area contributed by atoms with E-state index in [0.29, 0.717) is 6.61 Å². The third-order valence-electron chi connectivity index (χ3n) is 2.50. The predicted octanol–water partition coefficient (Wildman–Crippen LogP) is 2.31. The Morgan fingerprint density at radius 1 is 1.21 bits per heavy atom. The second-order valence-electron chi connectivity index (χ2n) is 4.14. The predicted molar refractivity (Wildman–Crippen MR) is 73.7 cm³/mol. The molecule has 2 aromatic rings. The number of aliphatic hydroxyl groups is 1. The maximum absolute atomic E-state index is 8.61. The van der Waals surface area contributed by atoms with Gasteiger partial charge in [-0.1, -0.05) is 11.8 Å². The van der Waals surface area contributed by atoms with Crippen molar-refractivity contribution in [2.45, 2.75) is 13.5 Å². The Hall–Kier alpha value is -2.31. The van der Waals surface area contributed by atoms with Crippen LogP contribution < -0.4 is 4.74 Å². The number of hydrogen-bond acceptors (Lipinski definition) is 3. The highest BCUT2D eigenvalue weighted by atomic mass is 16.5. The lowest BCUT2D eigenvalue weighted by molar-refractivity contribution is 0.305. The molecule has 0 aliphatic heterocycles. The number of rotatable bonds is 3. The molecule has 19 heavy (non-hydrogen) atoms. The van der Waals surface area contributed by atoms with Crippen LogP contribution in [0.25, 0.3) is 0 Å². The first-order valence-corrected chi connectivity index (χ1v) is 6.01. The maximum atomic E-state index is 8.61. The van der Waals surface area contributed by atoms with Gasteiger partial charge in [-0.3, -0.25) is 4.98 Å². The maximum Gasteiger partial charge on any atom is 0.119 e. The lowest BCUT2D eigenvalue weighted by atomic mass is 10.2. The zero-order valence-electron chi connectivity index (χ0n) is 10.8. The molecule has 96 valence electrons. The van der Waals surface area contributed by atoms with Gasteiger partial charge in [-0.25, -0.2) is 0 Å². The number of ether oxygens (including phenoxy) is 1. The fraction of sp³-hybridized carbons (Fsp3) is 0.188. The van der Waals surface area contributed by atoms with Crippen molar-refractivity contribution in [3.63, 3.8) is 0 Å². The largest absolute Gasteiger partial charge is 0.489 e. The summed E-state index contributed by atoms with van der Waals surface area (Å²) in [6, 6.07) is 9.52. The van der Waals surface area contributed by atoms with Crippen LogP contribution in [0.3, 0.4) is 0 Å². The molecule has 0 spiro atoms. The Morgan fingerprint density at radius 2 is 2.00 bits per heavy atom. The number of aliphatic hydroxyl groups excluding tert-OH is 1. The van der Waals surface area contributed by atoms with Gasteiger partial charge in [-0.15, -0.1) is 0 Å². The van der Waals surface area contributed by atoms with Gasteiger partial charge >= 0.3 is 0 Å². The number of pyridine rings is 1. The Morgan fingerprint density at radius 3 is 2.68 bits per heavy atom. The highest BCUT2D eigenvalue weighted by Gasteiger charge is 1.97. The van der Waals surface area contributed by atoms with Crippen LogP contribution in [0.4, 0.5) is 0 Å². The number of aryl methyl sites for hydroxylation is 1. The van der Waals surface area contributed by atoms with Crippen molar-refractivity contribution >= 4 is 0 Å². The molecule has 0 bridgehead atoms. The molecule has 3 nitrogen and oxygen atoms in total. The van der Waals surface area contributed by atoms with Gasteiger partial charge in [0.2, 0.25) is 0 Å². The summed E-state index contributed by atoms with van der Waals surface area (Å²) in [5.74, 6) is 6.23. The van der Waals surface area contributed by atoms with Gasteiger partial charge in [-0.2, -0.15) is 0 Å². The summed E-state index contributed by atoms with van der Waals surface area (Å²) in [5.41, 5.74) is 3.03. The summed E-state index contributed by atoms with van der Waals surface area (Å²) < 4.78 is 5.67. The number of hydrogen-bond donors (Lipinski definition) is 1. The van der Waals surface area contributed by atoms with E-state index in [0.717, 1.165) is 22.4 Å². The topological polar surface area (TPSA) is 42.4 Å². The minimum atomic E-state index is -0.126. The van der Waals surface area contributed by atoms with Crippen molar-refractivity contribution in [1.29, 1.82) is 0 Å². The summed E-state index contributed by atoms with van der Waals surface area (Å²) >= 11 is 0. The van der Waals surface area contributed by atoms with Crippen LogP contribution in [0.1, 0.15) is 16.7 Å². The summed E-state index contributed by atoms with van der Waals surface area (Å²) in [7, 11) is 0. The van der Waals surface area contributed by atoms with Crippen molar-refractivity contribution in [1.82, 2.24) is 4.98 Å². The van der Waals surface area contributed by atoms with Crippen molar-refractivity contribution in [2.24, 2.45) is 0 Å². The molecule has 0 unspecified atom stereocenters. The zero-order chi connectivity index (χ0) is 13.5. The van der Waals surface area contributed by atoms with Crippen molar-refractivity contribution in [3.05, 3.63) is 59.4 Å². The van der Waals surface area contributed by atoms with Gasteiger partial charge in [0.15, 0.2) is 0 Å². The third kappa shape index (κ3) is 4.13. The monoisotopic (exact) mass is 253 g/mol. The molecule has 1 heterocycles. The molecule has 0 atom stereocenters. The molecule has 0 fully saturated rings. The van der Waals surface area contributed by atoms with Crippen LogP contribution in [0.2, 0.25) is 0 Å². The van der Waals surface area contributed by atoms with E-state index in [4.69, 9.17) is 9.84 Å². The third-order valence-corrected chi connectivity index (χ3v) is 2.50. The first-order chi connectivity index (χ1) is 9.28. The van der Waals surface area contributed by atoms with Crippen molar-refractivity contribution in [2.75, 3.05) is 6.61 Å². The average molecular weight is 253 g/mol. The van der Waals surface area contributed by atoms with E-state index >= 15 is 0 Å². The van der Waals surface area contributed by atoms with Crippen LogP contribution in [-0.2, 0) is 6.61 Å². The van der Waals surface area contributed by atoms with Gasteiger partial charge in [0, 0.05) is 23.5 Å². The SMILES string of the molecule is Cc1cncc(COc2ccc(C#CCO)cc2)c1. The van der Waals surface area contributed by atoms with Crippen molar-refractivity contribution < 1.29 is 9.84 Å². The molecule has 1 aromatic heterocycles. The molecule has 1 aromatic carbocycles. The highest BCUT2D eigenvalue weighted by Crippen LogP contribution is 2.13. The van der Waals surface area contributed by atoms with Crippen LogP contribution in [0.5, 0.6) is 5.75 Å². The normalized spacial score (nSPS) is 9.58. The fourth-order valence-electron chi connectivity index (χ4n) is 1.64. The van der Waals surface area contributed by atoms with Crippen LogP contribution in [0, 0.1) is 18.8 Å². The summed E-state index contributed by atoms with van der Waals surface area (Å²) in [4.78, 5) is 4.12. The Balaban J connectivity index is 1.96. The molecule has 0 saturated carbocycles. The molecule has 0 radical (unpaired) electrons. The molecule has 0 aliphatic rings. The summed E-state index contributed by atoms with van der Waals surface area (Å²) in [5, 5.41) is 8.61. The zero-order valence-corrected chi connectivity index (χ0v) is 10.8. The lowest BCUT2D eigenvalue weighted by Crippen LogP contribution is -1.96. The van der Waals surface area contributed by atoms with E-state index < -0.39 is 0 Å². The Labute approximate surface area is 112 Å². The van der Waals surface area contributed by atoms with Gasteiger partial charge in [-0.05, 0) is 42.8 Å². The quantitative estimate of drug-likeness (QED) is 0.854. The van der Waals surface area contributed by atoms with E-state index in [1.54, 1.807) is 6.20 Å². The molecular formula is C16H15NO2. The smallest absolute Gasteiger partial charge is 0.119 e. The number of benzene rings is 1. The second-order valence-corrected chi connectivity index (χ2v) is 4.14.